The molecule has 0 aromatic heterocycles. The molecule has 0 aliphatic carbocycles. The molecule has 0 saturated carbocycles. The van der Waals surface area contributed by atoms with Crippen molar-refractivity contribution in [3.05, 3.63) is 60.1 Å². The highest BCUT2D eigenvalue weighted by Gasteiger charge is 2.36. The van der Waals surface area contributed by atoms with E-state index in [0.717, 1.165) is 24.5 Å². The predicted octanol–water partition coefficient (Wildman–Crippen LogP) is 5.04. The van der Waals surface area contributed by atoms with E-state index in [9.17, 15) is 9.59 Å². The quantitative estimate of drug-likeness (QED) is 0.370. The summed E-state index contributed by atoms with van der Waals surface area (Å²) in [4.78, 5) is 26.5. The molecule has 130 valence electrons. The molecule has 8 heteroatoms. The van der Waals surface area contributed by atoms with Gasteiger partial charge < -0.3 is 4.74 Å². The van der Waals surface area contributed by atoms with Crippen LogP contribution in [-0.4, -0.2) is 17.8 Å². The summed E-state index contributed by atoms with van der Waals surface area (Å²) < 4.78 is 7.09. The number of hydrogen-bond donors (Lipinski definition) is 0. The topological polar surface area (TPSA) is 70.4 Å². The molecule has 1 heterocycles. The Morgan fingerprint density at radius 3 is 2.42 bits per heavy atom. The number of imide groups is 1. The second kappa shape index (κ2) is 8.41. The number of carbonyl (C=O) groups is 2. The summed E-state index contributed by atoms with van der Waals surface area (Å²) in [6.45, 7) is -0.0265. The Morgan fingerprint density at radius 2 is 1.81 bits per heavy atom. The van der Waals surface area contributed by atoms with E-state index in [-0.39, 0.29) is 17.8 Å². The number of hydrogen-bond acceptors (Lipinski definition) is 5. The van der Waals surface area contributed by atoms with Crippen LogP contribution in [0.3, 0.4) is 0 Å². The van der Waals surface area contributed by atoms with Crippen LogP contribution < -0.4 is 9.64 Å². The summed E-state index contributed by atoms with van der Waals surface area (Å²) in [5, 5.41) is 8.35. The van der Waals surface area contributed by atoms with Crippen molar-refractivity contribution in [2.45, 2.75) is 0 Å². The van der Waals surface area contributed by atoms with Crippen molar-refractivity contribution in [3.63, 3.8) is 0 Å². The summed E-state index contributed by atoms with van der Waals surface area (Å²) in [6.07, 6.45) is 1.70. The number of amides is 2. The third kappa shape index (κ3) is 4.05. The average Bonchev–Trinajstić information content (AvgIpc) is 2.88. The van der Waals surface area contributed by atoms with Gasteiger partial charge in [0.15, 0.2) is 6.61 Å². The number of nitrogens with zero attached hydrogens (tertiary/aromatic N) is 2. The zero-order valence-electron chi connectivity index (χ0n) is 13.1. The molecule has 2 aromatic rings. The van der Waals surface area contributed by atoms with Gasteiger partial charge in [-0.05, 0) is 92.8 Å². The van der Waals surface area contributed by atoms with E-state index in [1.54, 1.807) is 30.3 Å². The van der Waals surface area contributed by atoms with Crippen LogP contribution in [0.5, 0.6) is 5.75 Å². The number of carbonyl (C=O) groups excluding carboxylic acids is 2. The number of para-hydroxylation sites is 1. The summed E-state index contributed by atoms with van der Waals surface area (Å²) in [7, 11) is 0. The first kappa shape index (κ1) is 19.2. The maximum absolute atomic E-state index is 12.7. The number of ether oxygens (including phenoxy) is 1. The van der Waals surface area contributed by atoms with E-state index in [0.29, 0.717) is 16.3 Å². The average molecular weight is 588 g/mol. The van der Waals surface area contributed by atoms with Crippen LogP contribution in [0.1, 0.15) is 5.56 Å². The molecular formula is C18H10I2N2O3S. The van der Waals surface area contributed by atoms with E-state index in [1.807, 2.05) is 24.3 Å². The van der Waals surface area contributed by atoms with E-state index >= 15 is 0 Å². The van der Waals surface area contributed by atoms with Gasteiger partial charge in [0.1, 0.15) is 11.8 Å². The fourth-order valence-electron chi connectivity index (χ4n) is 2.32. The maximum Gasteiger partial charge on any atom is 0.298 e. The van der Waals surface area contributed by atoms with Gasteiger partial charge in [-0.2, -0.15) is 5.26 Å². The van der Waals surface area contributed by atoms with Gasteiger partial charge >= 0.3 is 0 Å². The van der Waals surface area contributed by atoms with Crippen LogP contribution in [-0.2, 0) is 4.79 Å². The van der Waals surface area contributed by atoms with Crippen LogP contribution >= 0.6 is 56.9 Å². The van der Waals surface area contributed by atoms with Gasteiger partial charge in [-0.25, -0.2) is 4.90 Å². The molecule has 5 nitrogen and oxygen atoms in total. The second-order valence-corrected chi connectivity index (χ2v) is 8.43. The number of nitriles is 1. The molecule has 0 N–H and O–H groups in total. The molecule has 0 radical (unpaired) electrons. The minimum absolute atomic E-state index is 0.0265. The Kier molecular flexibility index (Phi) is 6.20. The molecule has 0 bridgehead atoms. The van der Waals surface area contributed by atoms with Crippen LogP contribution in [0, 0.1) is 18.5 Å². The van der Waals surface area contributed by atoms with Crippen molar-refractivity contribution in [1.29, 1.82) is 5.26 Å². The van der Waals surface area contributed by atoms with Crippen molar-refractivity contribution >= 4 is 79.9 Å². The number of benzene rings is 2. The third-order valence-corrected chi connectivity index (χ3v) is 5.88. The van der Waals surface area contributed by atoms with Gasteiger partial charge in [0.05, 0.1) is 17.7 Å². The normalized spacial score (nSPS) is 15.4. The van der Waals surface area contributed by atoms with E-state index < -0.39 is 0 Å². The number of anilines is 1. The largest absolute Gasteiger partial charge is 0.477 e. The molecule has 3 rings (SSSR count). The second-order valence-electron chi connectivity index (χ2n) is 5.11. The summed E-state index contributed by atoms with van der Waals surface area (Å²) in [5.74, 6) is 0.309. The number of rotatable bonds is 4. The van der Waals surface area contributed by atoms with Crippen molar-refractivity contribution in [3.8, 4) is 11.8 Å². The monoisotopic (exact) mass is 588 g/mol. The van der Waals surface area contributed by atoms with Gasteiger partial charge in [0, 0.05) is 0 Å². The molecule has 0 atom stereocenters. The van der Waals surface area contributed by atoms with Crippen molar-refractivity contribution in [2.24, 2.45) is 0 Å². The van der Waals surface area contributed by atoms with E-state index in [4.69, 9.17) is 10.00 Å². The van der Waals surface area contributed by atoms with Gasteiger partial charge in [0.2, 0.25) is 0 Å². The molecule has 1 fully saturated rings. The zero-order valence-corrected chi connectivity index (χ0v) is 18.2. The molecule has 1 saturated heterocycles. The number of thioether (sulfide) groups is 1. The molecule has 2 amide bonds. The lowest BCUT2D eigenvalue weighted by atomic mass is 10.2. The van der Waals surface area contributed by atoms with Crippen molar-refractivity contribution in [1.82, 2.24) is 0 Å². The summed E-state index contributed by atoms with van der Waals surface area (Å²) >= 11 is 5.17. The highest BCUT2D eigenvalue weighted by Crippen LogP contribution is 2.37. The first-order chi connectivity index (χ1) is 12.5. The van der Waals surface area contributed by atoms with Crippen molar-refractivity contribution in [2.75, 3.05) is 11.5 Å². The van der Waals surface area contributed by atoms with Gasteiger partial charge in [-0.15, -0.1) is 0 Å². The third-order valence-electron chi connectivity index (χ3n) is 3.41. The maximum atomic E-state index is 12.7. The zero-order chi connectivity index (χ0) is 18.7. The Labute approximate surface area is 181 Å². The van der Waals surface area contributed by atoms with Crippen LogP contribution in [0.2, 0.25) is 0 Å². The lowest BCUT2D eigenvalue weighted by Crippen LogP contribution is -2.27. The smallest absolute Gasteiger partial charge is 0.298 e. The molecule has 1 aliphatic heterocycles. The van der Waals surface area contributed by atoms with Crippen LogP contribution in [0.25, 0.3) is 6.08 Å². The minimum atomic E-state index is -0.332. The first-order valence-electron chi connectivity index (χ1n) is 7.33. The van der Waals surface area contributed by atoms with Crippen molar-refractivity contribution < 1.29 is 14.3 Å². The fourth-order valence-corrected chi connectivity index (χ4v) is 5.29. The molecule has 1 aliphatic rings. The highest BCUT2D eigenvalue weighted by atomic mass is 127. The SMILES string of the molecule is N#CCOc1c(I)cc(/C=C2\SC(=O)N(c3ccccc3)C2=O)cc1I. The fraction of sp³-hybridized carbons (Fsp3) is 0.0556. The Morgan fingerprint density at radius 1 is 1.15 bits per heavy atom. The Bertz CT molecular complexity index is 932. The number of halogens is 2. The molecular weight excluding hydrogens is 578 g/mol. The lowest BCUT2D eigenvalue weighted by Gasteiger charge is -2.11. The van der Waals surface area contributed by atoms with Crippen LogP contribution in [0.15, 0.2) is 47.4 Å². The summed E-state index contributed by atoms with van der Waals surface area (Å²) in [5.41, 5.74) is 1.35. The Balaban J connectivity index is 1.90. The molecule has 0 unspecified atom stereocenters. The van der Waals surface area contributed by atoms with Crippen LogP contribution in [0.4, 0.5) is 10.5 Å². The standard InChI is InChI=1S/C18H10I2N2O3S/c19-13-8-11(9-14(20)16(13)25-7-6-21)10-15-17(23)22(18(24)26-15)12-4-2-1-3-5-12/h1-5,8-10H,7H2/b15-10-. The van der Waals surface area contributed by atoms with Gasteiger partial charge in [-0.1, -0.05) is 18.2 Å². The summed E-state index contributed by atoms with van der Waals surface area (Å²) in [6, 6.07) is 14.5. The minimum Gasteiger partial charge on any atom is -0.477 e. The molecule has 26 heavy (non-hydrogen) atoms. The molecule has 0 spiro atoms. The molecule has 2 aromatic carbocycles. The first-order valence-corrected chi connectivity index (χ1v) is 10.3. The van der Waals surface area contributed by atoms with Gasteiger partial charge in [-0.3, -0.25) is 9.59 Å². The highest BCUT2D eigenvalue weighted by molar-refractivity contribution is 14.1. The lowest BCUT2D eigenvalue weighted by molar-refractivity contribution is -0.113. The van der Waals surface area contributed by atoms with Gasteiger partial charge in [0.25, 0.3) is 11.1 Å². The van der Waals surface area contributed by atoms with E-state index in [2.05, 4.69) is 45.2 Å². The van der Waals surface area contributed by atoms with E-state index in [1.165, 1.54) is 4.90 Å². The Hall–Kier alpha value is -1.58. The predicted molar refractivity (Wildman–Crippen MR) is 118 cm³/mol.